The smallest absolute Gasteiger partial charge is 0.322 e. The van der Waals surface area contributed by atoms with Gasteiger partial charge in [0.1, 0.15) is 29.5 Å². The highest BCUT2D eigenvalue weighted by molar-refractivity contribution is 6.14. The van der Waals surface area contributed by atoms with Crippen molar-refractivity contribution in [3.63, 3.8) is 0 Å². The van der Waals surface area contributed by atoms with Crippen molar-refractivity contribution in [3.05, 3.63) is 53.3 Å². The van der Waals surface area contributed by atoms with Gasteiger partial charge < -0.3 is 29.4 Å². The molecule has 1 amide bonds. The topological polar surface area (TPSA) is 120 Å². The summed E-state index contributed by atoms with van der Waals surface area (Å²) in [7, 11) is 3.06. The van der Waals surface area contributed by atoms with Gasteiger partial charge in [-0.05, 0) is 36.4 Å². The van der Waals surface area contributed by atoms with E-state index in [0.717, 1.165) is 0 Å². The number of nitrogens with one attached hydrogen (secondary N) is 1. The van der Waals surface area contributed by atoms with Gasteiger partial charge >= 0.3 is 5.97 Å². The fraction of sp³-hybridized carbons (Fsp3) is 0.190. The van der Waals surface area contributed by atoms with Gasteiger partial charge in [-0.3, -0.25) is 14.4 Å². The van der Waals surface area contributed by atoms with Crippen LogP contribution < -0.4 is 24.3 Å². The number of hydrogen-bond acceptors (Lipinski definition) is 7. The van der Waals surface area contributed by atoms with Gasteiger partial charge in [0.2, 0.25) is 5.78 Å². The first-order valence-corrected chi connectivity index (χ1v) is 8.83. The van der Waals surface area contributed by atoms with E-state index in [1.807, 2.05) is 0 Å². The molecule has 0 aliphatic carbocycles. The van der Waals surface area contributed by atoms with Crippen LogP contribution in [0.2, 0.25) is 0 Å². The van der Waals surface area contributed by atoms with E-state index in [1.54, 1.807) is 24.3 Å². The molecule has 0 aromatic heterocycles. The Bertz CT molecular complexity index is 1030. The van der Waals surface area contributed by atoms with E-state index < -0.39 is 18.4 Å². The lowest BCUT2D eigenvalue weighted by atomic mass is 10.1. The van der Waals surface area contributed by atoms with E-state index in [0.29, 0.717) is 28.4 Å². The molecule has 30 heavy (non-hydrogen) atoms. The number of hydrogen-bond donors (Lipinski definition) is 2. The van der Waals surface area contributed by atoms with Crippen LogP contribution in [-0.2, 0) is 9.59 Å². The number of ketones is 1. The van der Waals surface area contributed by atoms with Crippen molar-refractivity contribution in [3.8, 4) is 23.0 Å². The molecule has 0 atom stereocenters. The molecule has 3 rings (SSSR count). The van der Waals surface area contributed by atoms with Crippen molar-refractivity contribution in [2.75, 3.05) is 27.4 Å². The Balaban J connectivity index is 1.75. The number of aliphatic carboxylic acids is 1. The van der Waals surface area contributed by atoms with Crippen molar-refractivity contribution >= 4 is 23.7 Å². The molecule has 0 unspecified atom stereocenters. The number of allylic oxidation sites excluding steroid dienone is 1. The Kier molecular flexibility index (Phi) is 6.21. The summed E-state index contributed by atoms with van der Waals surface area (Å²) in [5.41, 5.74) is 0.963. The lowest BCUT2D eigenvalue weighted by Gasteiger charge is -2.08. The molecule has 9 heteroatoms. The molecule has 0 saturated heterocycles. The number of benzene rings is 2. The Labute approximate surface area is 171 Å². The summed E-state index contributed by atoms with van der Waals surface area (Å²) in [6, 6.07) is 9.73. The van der Waals surface area contributed by atoms with Gasteiger partial charge in [-0.1, -0.05) is 0 Å². The lowest BCUT2D eigenvalue weighted by Crippen LogP contribution is -2.33. The highest BCUT2D eigenvalue weighted by Gasteiger charge is 2.28. The molecule has 0 spiro atoms. The zero-order chi connectivity index (χ0) is 21.7. The van der Waals surface area contributed by atoms with Crippen molar-refractivity contribution in [1.82, 2.24) is 5.32 Å². The number of carbonyl (C=O) groups is 3. The molecular weight excluding hydrogens is 394 g/mol. The summed E-state index contributed by atoms with van der Waals surface area (Å²) in [6.45, 7) is -0.865. The molecule has 156 valence electrons. The van der Waals surface area contributed by atoms with Crippen LogP contribution in [-0.4, -0.2) is 50.1 Å². The zero-order valence-electron chi connectivity index (χ0n) is 16.3. The summed E-state index contributed by atoms with van der Waals surface area (Å²) >= 11 is 0. The van der Waals surface area contributed by atoms with E-state index >= 15 is 0 Å². The highest BCUT2D eigenvalue weighted by Crippen LogP contribution is 2.36. The van der Waals surface area contributed by atoms with E-state index in [9.17, 15) is 14.4 Å². The number of carbonyl (C=O) groups excluding carboxylic acids is 2. The largest absolute Gasteiger partial charge is 0.497 e. The third kappa shape index (κ3) is 4.69. The Hall–Kier alpha value is -4.01. The van der Waals surface area contributed by atoms with Crippen LogP contribution in [0.4, 0.5) is 0 Å². The van der Waals surface area contributed by atoms with E-state index in [1.165, 1.54) is 32.4 Å². The summed E-state index contributed by atoms with van der Waals surface area (Å²) < 4.78 is 21.5. The fourth-order valence-corrected chi connectivity index (χ4v) is 2.72. The van der Waals surface area contributed by atoms with Crippen molar-refractivity contribution < 1.29 is 38.4 Å². The van der Waals surface area contributed by atoms with Crippen LogP contribution in [0.25, 0.3) is 6.08 Å². The average Bonchev–Trinajstić information content (AvgIpc) is 3.05. The van der Waals surface area contributed by atoms with Gasteiger partial charge in [-0.2, -0.15) is 0 Å². The third-order valence-electron chi connectivity index (χ3n) is 4.17. The highest BCUT2D eigenvalue weighted by atomic mass is 16.5. The maximum absolute atomic E-state index is 12.7. The van der Waals surface area contributed by atoms with Gasteiger partial charge in [-0.15, -0.1) is 0 Å². The Morgan fingerprint density at radius 1 is 1.10 bits per heavy atom. The summed E-state index contributed by atoms with van der Waals surface area (Å²) in [5, 5.41) is 10.7. The molecule has 0 bridgehead atoms. The maximum atomic E-state index is 12.7. The first kappa shape index (κ1) is 20.7. The number of Topliss-reactive ketones (excluding diaryl/α,β-unsaturated/α-hetero) is 1. The second-order valence-corrected chi connectivity index (χ2v) is 6.16. The summed E-state index contributed by atoms with van der Waals surface area (Å²) in [5.74, 6) is -0.202. The predicted molar refractivity (Wildman–Crippen MR) is 105 cm³/mol. The fourth-order valence-electron chi connectivity index (χ4n) is 2.72. The summed E-state index contributed by atoms with van der Waals surface area (Å²) in [6.07, 6.45) is 1.56. The van der Waals surface area contributed by atoms with Crippen molar-refractivity contribution in [2.45, 2.75) is 0 Å². The van der Waals surface area contributed by atoms with Crippen LogP contribution in [0.15, 0.2) is 42.2 Å². The molecule has 1 aliphatic rings. The normalized spacial score (nSPS) is 13.4. The molecule has 1 heterocycles. The number of amides is 1. The van der Waals surface area contributed by atoms with Gasteiger partial charge in [0.15, 0.2) is 12.4 Å². The van der Waals surface area contributed by atoms with Crippen LogP contribution in [0.5, 0.6) is 23.0 Å². The van der Waals surface area contributed by atoms with Gasteiger partial charge in [-0.25, -0.2) is 0 Å². The number of rotatable bonds is 8. The monoisotopic (exact) mass is 413 g/mol. The van der Waals surface area contributed by atoms with E-state index in [-0.39, 0.29) is 23.9 Å². The number of carboxylic acid groups (broad SMARTS) is 1. The van der Waals surface area contributed by atoms with Crippen LogP contribution >= 0.6 is 0 Å². The van der Waals surface area contributed by atoms with Gasteiger partial charge in [0.25, 0.3) is 5.91 Å². The first-order chi connectivity index (χ1) is 14.4. The van der Waals surface area contributed by atoms with Gasteiger partial charge in [0, 0.05) is 11.6 Å². The second-order valence-electron chi connectivity index (χ2n) is 6.16. The Morgan fingerprint density at radius 3 is 2.57 bits per heavy atom. The quantitative estimate of drug-likeness (QED) is 0.630. The first-order valence-electron chi connectivity index (χ1n) is 8.83. The van der Waals surface area contributed by atoms with E-state index in [2.05, 4.69) is 5.32 Å². The predicted octanol–water partition coefficient (Wildman–Crippen LogP) is 1.90. The molecule has 0 fully saturated rings. The number of ether oxygens (including phenoxy) is 4. The number of carboxylic acids is 1. The molecule has 2 aromatic carbocycles. The molecule has 1 aliphatic heterocycles. The van der Waals surface area contributed by atoms with E-state index in [4.69, 9.17) is 24.1 Å². The maximum Gasteiger partial charge on any atom is 0.322 e. The average molecular weight is 413 g/mol. The molecule has 2 N–H and O–H groups in total. The lowest BCUT2D eigenvalue weighted by molar-refractivity contribution is -0.138. The molecule has 9 nitrogen and oxygen atoms in total. The summed E-state index contributed by atoms with van der Waals surface area (Å²) in [4.78, 5) is 34.7. The standard InChI is InChI=1S/C21H19NO8/c1-27-13-4-6-16(28-2)12(7-13)8-18-21(26)15-5-3-14(9-17(15)30-18)29-11-19(23)22-10-20(24)25/h3-9H,10-11H2,1-2H3,(H,22,23)(H,24,25)/b18-8-. The SMILES string of the molecule is COc1ccc(OC)c(/C=C2\Oc3cc(OCC(=O)NCC(=O)O)ccc3C2=O)c1. The molecule has 0 saturated carbocycles. The minimum Gasteiger partial charge on any atom is -0.497 e. The van der Waals surface area contributed by atoms with Crippen LogP contribution in [0, 0.1) is 0 Å². The minimum atomic E-state index is -1.15. The number of methoxy groups -OCH3 is 2. The minimum absolute atomic E-state index is 0.105. The molecular formula is C21H19NO8. The molecule has 2 aromatic rings. The number of fused-ring (bicyclic) bond motifs is 1. The van der Waals surface area contributed by atoms with Crippen molar-refractivity contribution in [2.24, 2.45) is 0 Å². The second kappa shape index (κ2) is 8.99. The van der Waals surface area contributed by atoms with Crippen LogP contribution in [0.1, 0.15) is 15.9 Å². The third-order valence-corrected chi connectivity index (χ3v) is 4.17. The van der Waals surface area contributed by atoms with Crippen LogP contribution in [0.3, 0.4) is 0 Å². The Morgan fingerprint density at radius 2 is 1.87 bits per heavy atom. The molecule has 0 radical (unpaired) electrons. The zero-order valence-corrected chi connectivity index (χ0v) is 16.3. The van der Waals surface area contributed by atoms with Gasteiger partial charge in [0.05, 0.1) is 19.8 Å². The van der Waals surface area contributed by atoms with Crippen molar-refractivity contribution in [1.29, 1.82) is 0 Å².